The number of halogens is 1. The van der Waals surface area contributed by atoms with Crippen LogP contribution in [0, 0.1) is 6.92 Å². The van der Waals surface area contributed by atoms with Gasteiger partial charge in [-0.15, -0.1) is 12.4 Å². The highest BCUT2D eigenvalue weighted by Gasteiger charge is 2.08. The van der Waals surface area contributed by atoms with Crippen molar-refractivity contribution >= 4 is 24.1 Å². The van der Waals surface area contributed by atoms with Crippen molar-refractivity contribution in [3.05, 3.63) is 23.5 Å². The van der Waals surface area contributed by atoms with Crippen molar-refractivity contribution in [3.8, 4) is 0 Å². The molecule has 0 amide bonds. The number of rotatable bonds is 1. The first kappa shape index (κ1) is 10.7. The number of pyridine rings is 1. The van der Waals surface area contributed by atoms with Gasteiger partial charge in [0.2, 0.25) is 0 Å². The van der Waals surface area contributed by atoms with Crippen LogP contribution in [-0.2, 0) is 0 Å². The average molecular weight is 189 g/mol. The number of hydrogen-bond donors (Lipinski definition) is 2. The quantitative estimate of drug-likeness (QED) is 0.692. The van der Waals surface area contributed by atoms with Crippen molar-refractivity contribution < 1.29 is 9.90 Å². The summed E-state index contributed by atoms with van der Waals surface area (Å²) >= 11 is 0. The zero-order valence-corrected chi connectivity index (χ0v) is 7.26. The molecule has 0 aliphatic rings. The Kier molecular flexibility index (Phi) is 3.50. The van der Waals surface area contributed by atoms with Gasteiger partial charge < -0.3 is 10.8 Å². The summed E-state index contributed by atoms with van der Waals surface area (Å²) in [6.07, 6.45) is 1.43. The summed E-state index contributed by atoms with van der Waals surface area (Å²) in [4.78, 5) is 14.3. The Hall–Kier alpha value is -1.29. The van der Waals surface area contributed by atoms with Crippen molar-refractivity contribution in [2.45, 2.75) is 6.92 Å². The topological polar surface area (TPSA) is 76.2 Å². The summed E-state index contributed by atoms with van der Waals surface area (Å²) in [6, 6.07) is 1.38. The SMILES string of the molecule is Cc1nccc(C(=O)O)c1N.Cl. The molecular formula is C7H9ClN2O2. The number of carboxylic acid groups (broad SMARTS) is 1. The van der Waals surface area contributed by atoms with Crippen LogP contribution in [-0.4, -0.2) is 16.1 Å². The third-order valence-electron chi connectivity index (χ3n) is 1.42. The Balaban J connectivity index is 0.00000121. The molecule has 0 aliphatic carbocycles. The van der Waals surface area contributed by atoms with E-state index in [1.807, 2.05) is 0 Å². The molecule has 0 fully saturated rings. The second-order valence-electron chi connectivity index (χ2n) is 2.16. The first-order valence-corrected chi connectivity index (χ1v) is 3.07. The van der Waals surface area contributed by atoms with Crippen molar-refractivity contribution in [2.24, 2.45) is 0 Å². The third-order valence-corrected chi connectivity index (χ3v) is 1.42. The number of nitrogens with zero attached hydrogens (tertiary/aromatic N) is 1. The van der Waals surface area contributed by atoms with E-state index >= 15 is 0 Å². The van der Waals surface area contributed by atoms with Crippen LogP contribution < -0.4 is 5.73 Å². The number of carbonyl (C=O) groups is 1. The summed E-state index contributed by atoms with van der Waals surface area (Å²) in [5.74, 6) is -1.02. The van der Waals surface area contributed by atoms with Gasteiger partial charge in [-0.3, -0.25) is 4.98 Å². The van der Waals surface area contributed by atoms with Gasteiger partial charge in [0.05, 0.1) is 16.9 Å². The van der Waals surface area contributed by atoms with E-state index in [1.54, 1.807) is 6.92 Å². The summed E-state index contributed by atoms with van der Waals surface area (Å²) in [6.45, 7) is 1.67. The van der Waals surface area contributed by atoms with Gasteiger partial charge in [-0.2, -0.15) is 0 Å². The summed E-state index contributed by atoms with van der Waals surface area (Å²) in [5, 5.41) is 8.58. The van der Waals surface area contributed by atoms with Gasteiger partial charge in [-0.25, -0.2) is 4.79 Å². The van der Waals surface area contributed by atoms with Crippen LogP contribution in [0.15, 0.2) is 12.3 Å². The molecular weight excluding hydrogens is 180 g/mol. The van der Waals surface area contributed by atoms with Gasteiger partial charge >= 0.3 is 5.97 Å². The summed E-state index contributed by atoms with van der Waals surface area (Å²) in [5.41, 5.74) is 6.33. The van der Waals surface area contributed by atoms with E-state index in [2.05, 4.69) is 4.98 Å². The standard InChI is InChI=1S/C7H8N2O2.ClH/c1-4-6(8)5(7(10)11)2-3-9-4;/h2-3H,8H2,1H3,(H,10,11);1H. The molecule has 12 heavy (non-hydrogen) atoms. The fourth-order valence-corrected chi connectivity index (χ4v) is 0.764. The second-order valence-corrected chi connectivity index (χ2v) is 2.16. The highest BCUT2D eigenvalue weighted by molar-refractivity contribution is 5.93. The molecule has 1 rings (SSSR count). The van der Waals surface area contributed by atoms with E-state index in [0.29, 0.717) is 5.69 Å². The Bertz CT molecular complexity index is 301. The predicted octanol–water partition coefficient (Wildman–Crippen LogP) is 1.09. The molecule has 0 radical (unpaired) electrons. The van der Waals surface area contributed by atoms with Crippen LogP contribution in [0.2, 0.25) is 0 Å². The largest absolute Gasteiger partial charge is 0.478 e. The number of aromatic carboxylic acids is 1. The maximum absolute atomic E-state index is 10.5. The summed E-state index contributed by atoms with van der Waals surface area (Å²) < 4.78 is 0. The molecule has 1 heterocycles. The Morgan fingerprint density at radius 1 is 1.67 bits per heavy atom. The van der Waals surface area contributed by atoms with Crippen LogP contribution in [0.4, 0.5) is 5.69 Å². The zero-order valence-electron chi connectivity index (χ0n) is 6.44. The monoisotopic (exact) mass is 188 g/mol. The molecule has 0 saturated carbocycles. The van der Waals surface area contributed by atoms with Crippen LogP contribution in [0.3, 0.4) is 0 Å². The van der Waals surface area contributed by atoms with Crippen molar-refractivity contribution in [2.75, 3.05) is 5.73 Å². The van der Waals surface area contributed by atoms with E-state index in [9.17, 15) is 4.79 Å². The van der Waals surface area contributed by atoms with E-state index < -0.39 is 5.97 Å². The van der Waals surface area contributed by atoms with Gasteiger partial charge in [-0.05, 0) is 13.0 Å². The van der Waals surface area contributed by atoms with Gasteiger partial charge in [0, 0.05) is 6.20 Å². The molecule has 0 unspecified atom stereocenters. The van der Waals surface area contributed by atoms with Crippen LogP contribution in [0.1, 0.15) is 16.1 Å². The van der Waals surface area contributed by atoms with Gasteiger partial charge in [0.1, 0.15) is 0 Å². The lowest BCUT2D eigenvalue weighted by Gasteiger charge is -2.01. The Morgan fingerprint density at radius 3 is 2.67 bits per heavy atom. The number of aromatic nitrogens is 1. The predicted molar refractivity (Wildman–Crippen MR) is 47.6 cm³/mol. The van der Waals surface area contributed by atoms with Crippen LogP contribution in [0.5, 0.6) is 0 Å². The minimum atomic E-state index is -1.02. The van der Waals surface area contributed by atoms with E-state index in [1.165, 1.54) is 12.3 Å². The number of carboxylic acids is 1. The Morgan fingerprint density at radius 2 is 2.25 bits per heavy atom. The molecule has 5 heteroatoms. The molecule has 0 bridgehead atoms. The second kappa shape index (κ2) is 3.92. The minimum Gasteiger partial charge on any atom is -0.478 e. The van der Waals surface area contributed by atoms with Gasteiger partial charge in [0.25, 0.3) is 0 Å². The lowest BCUT2D eigenvalue weighted by atomic mass is 10.2. The van der Waals surface area contributed by atoms with E-state index in [0.717, 1.165) is 0 Å². The van der Waals surface area contributed by atoms with Crippen LogP contribution in [0.25, 0.3) is 0 Å². The van der Waals surface area contributed by atoms with E-state index in [-0.39, 0.29) is 23.7 Å². The number of aryl methyl sites for hydroxylation is 1. The lowest BCUT2D eigenvalue weighted by molar-refractivity contribution is 0.0698. The third kappa shape index (κ3) is 1.85. The molecule has 1 aromatic rings. The van der Waals surface area contributed by atoms with Gasteiger partial charge in [0.15, 0.2) is 0 Å². The number of hydrogen-bond acceptors (Lipinski definition) is 3. The first-order chi connectivity index (χ1) is 5.13. The molecule has 0 atom stereocenters. The number of anilines is 1. The molecule has 3 N–H and O–H groups in total. The van der Waals surface area contributed by atoms with Gasteiger partial charge in [-0.1, -0.05) is 0 Å². The normalized spacial score (nSPS) is 8.75. The van der Waals surface area contributed by atoms with Crippen molar-refractivity contribution in [1.29, 1.82) is 0 Å². The number of nitrogen functional groups attached to an aromatic ring is 1. The molecule has 66 valence electrons. The molecule has 0 spiro atoms. The number of nitrogens with two attached hydrogens (primary N) is 1. The average Bonchev–Trinajstić information content (AvgIpc) is 1.94. The molecule has 0 saturated heterocycles. The molecule has 0 aromatic carbocycles. The van der Waals surface area contributed by atoms with Crippen molar-refractivity contribution in [1.82, 2.24) is 4.98 Å². The molecule has 4 nitrogen and oxygen atoms in total. The molecule has 1 aromatic heterocycles. The van der Waals surface area contributed by atoms with Crippen molar-refractivity contribution in [3.63, 3.8) is 0 Å². The zero-order chi connectivity index (χ0) is 8.43. The maximum atomic E-state index is 10.5. The fourth-order valence-electron chi connectivity index (χ4n) is 0.764. The van der Waals surface area contributed by atoms with Crippen LogP contribution >= 0.6 is 12.4 Å². The minimum absolute atomic E-state index is 0. The highest BCUT2D eigenvalue weighted by Crippen LogP contribution is 2.12. The smallest absolute Gasteiger partial charge is 0.337 e. The Labute approximate surface area is 75.8 Å². The highest BCUT2D eigenvalue weighted by atomic mass is 35.5. The fraction of sp³-hybridized carbons (Fsp3) is 0.143. The maximum Gasteiger partial charge on any atom is 0.337 e. The molecule has 0 aliphatic heterocycles. The van der Waals surface area contributed by atoms with E-state index in [4.69, 9.17) is 10.8 Å². The summed E-state index contributed by atoms with van der Waals surface area (Å²) in [7, 11) is 0. The first-order valence-electron chi connectivity index (χ1n) is 3.07. The lowest BCUT2D eigenvalue weighted by Crippen LogP contribution is -2.04.